The van der Waals surface area contributed by atoms with Gasteiger partial charge in [0.25, 0.3) is 5.91 Å². The molecule has 6 nitrogen and oxygen atoms in total. The second-order valence-electron chi connectivity index (χ2n) is 7.11. The van der Waals surface area contributed by atoms with Gasteiger partial charge in [0, 0.05) is 50.8 Å². The maximum absolute atomic E-state index is 12.8. The van der Waals surface area contributed by atoms with Gasteiger partial charge in [0.05, 0.1) is 5.56 Å². The summed E-state index contributed by atoms with van der Waals surface area (Å²) >= 11 is 0. The lowest BCUT2D eigenvalue weighted by Crippen LogP contribution is -2.47. The zero-order valence-electron chi connectivity index (χ0n) is 16.3. The number of pyridine rings is 2. The monoisotopic (exact) mass is 387 g/mol. The Morgan fingerprint density at radius 3 is 2.79 bits per heavy atom. The summed E-state index contributed by atoms with van der Waals surface area (Å²) in [6.45, 7) is 3.00. The number of hydrogen-bond acceptors (Lipinski definition) is 5. The lowest BCUT2D eigenvalue weighted by molar-refractivity contribution is 0.0954. The van der Waals surface area contributed by atoms with Crippen molar-refractivity contribution in [2.75, 3.05) is 31.1 Å². The smallest absolute Gasteiger partial charge is 0.255 e. The van der Waals surface area contributed by atoms with Gasteiger partial charge in [-0.15, -0.1) is 0 Å². The molecule has 1 fully saturated rings. The molecule has 1 aliphatic rings. The summed E-state index contributed by atoms with van der Waals surface area (Å²) in [6, 6.07) is 18.2. The van der Waals surface area contributed by atoms with Gasteiger partial charge in [0.15, 0.2) is 0 Å². The topological polar surface area (TPSA) is 70.2 Å². The number of piperazine rings is 1. The number of anilines is 1. The number of amides is 1. The first-order chi connectivity index (χ1) is 14.3. The van der Waals surface area contributed by atoms with Crippen molar-refractivity contribution >= 4 is 11.7 Å². The molecule has 1 aliphatic heterocycles. The molecule has 0 saturated carbocycles. The van der Waals surface area contributed by atoms with E-state index < -0.39 is 0 Å². The number of carbonyl (C=O) groups excluding carboxylic acids is 1. The van der Waals surface area contributed by atoms with Gasteiger partial charge in [-0.3, -0.25) is 9.78 Å². The Balaban J connectivity index is 1.44. The van der Waals surface area contributed by atoms with Gasteiger partial charge >= 0.3 is 0 Å². The first-order valence-electron chi connectivity index (χ1n) is 9.96. The van der Waals surface area contributed by atoms with E-state index in [0.29, 0.717) is 12.1 Å². The molecule has 3 aromatic rings. The van der Waals surface area contributed by atoms with Crippen molar-refractivity contribution < 1.29 is 4.79 Å². The quantitative estimate of drug-likeness (QED) is 0.680. The van der Waals surface area contributed by atoms with Crippen LogP contribution in [0.2, 0.25) is 0 Å². The molecule has 29 heavy (non-hydrogen) atoms. The Morgan fingerprint density at radius 1 is 1.10 bits per heavy atom. The summed E-state index contributed by atoms with van der Waals surface area (Å²) in [7, 11) is 0. The van der Waals surface area contributed by atoms with Crippen LogP contribution in [-0.4, -0.2) is 42.1 Å². The lowest BCUT2D eigenvalue weighted by Gasteiger charge is -2.35. The summed E-state index contributed by atoms with van der Waals surface area (Å²) in [5.41, 5.74) is 2.97. The molecule has 2 aromatic heterocycles. The minimum absolute atomic E-state index is 0.0909. The maximum Gasteiger partial charge on any atom is 0.255 e. The fourth-order valence-electron chi connectivity index (χ4n) is 3.64. The molecule has 1 aromatic carbocycles. The molecule has 0 bridgehead atoms. The van der Waals surface area contributed by atoms with Gasteiger partial charge in [-0.1, -0.05) is 36.4 Å². The van der Waals surface area contributed by atoms with E-state index in [4.69, 9.17) is 0 Å². The zero-order chi connectivity index (χ0) is 19.9. The van der Waals surface area contributed by atoms with Crippen LogP contribution in [0.25, 0.3) is 0 Å². The highest BCUT2D eigenvalue weighted by molar-refractivity contribution is 5.98. The second-order valence-corrected chi connectivity index (χ2v) is 7.11. The van der Waals surface area contributed by atoms with E-state index in [0.717, 1.165) is 37.4 Å². The van der Waals surface area contributed by atoms with Crippen molar-refractivity contribution in [3.63, 3.8) is 0 Å². The molecule has 1 saturated heterocycles. The van der Waals surface area contributed by atoms with E-state index in [1.165, 1.54) is 5.56 Å². The normalized spacial score (nSPS) is 16.4. The number of nitrogens with zero attached hydrogens (tertiary/aromatic N) is 3. The number of aromatic nitrogens is 2. The van der Waals surface area contributed by atoms with Crippen LogP contribution >= 0.6 is 0 Å². The van der Waals surface area contributed by atoms with Crippen LogP contribution < -0.4 is 15.5 Å². The molecule has 0 aliphatic carbocycles. The van der Waals surface area contributed by atoms with Gasteiger partial charge in [-0.25, -0.2) is 4.98 Å². The van der Waals surface area contributed by atoms with Crippen LogP contribution in [0.4, 0.5) is 5.82 Å². The van der Waals surface area contributed by atoms with Crippen LogP contribution in [0.15, 0.2) is 73.2 Å². The molecule has 2 N–H and O–H groups in total. The maximum atomic E-state index is 12.8. The van der Waals surface area contributed by atoms with E-state index >= 15 is 0 Å². The molecule has 1 unspecified atom stereocenters. The highest BCUT2D eigenvalue weighted by atomic mass is 16.1. The SMILES string of the molecule is O=C(NCCc1cccnc1)c1cccnc1N1CCNC(c2ccccc2)C1. The minimum Gasteiger partial charge on any atom is -0.353 e. The van der Waals surface area contributed by atoms with Crippen molar-refractivity contribution in [3.8, 4) is 0 Å². The Morgan fingerprint density at radius 2 is 1.97 bits per heavy atom. The number of hydrogen-bond donors (Lipinski definition) is 2. The molecule has 3 heterocycles. The molecule has 4 rings (SSSR count). The summed E-state index contributed by atoms with van der Waals surface area (Å²) in [6.07, 6.45) is 6.08. The number of benzene rings is 1. The fraction of sp³-hybridized carbons (Fsp3) is 0.261. The summed E-state index contributed by atoms with van der Waals surface area (Å²) in [5.74, 6) is 0.653. The van der Waals surface area contributed by atoms with Crippen LogP contribution in [0.1, 0.15) is 27.5 Å². The number of carbonyl (C=O) groups is 1. The Kier molecular flexibility index (Phi) is 6.12. The molecule has 6 heteroatoms. The molecule has 1 amide bonds. The van der Waals surface area contributed by atoms with E-state index in [2.05, 4.69) is 49.8 Å². The number of nitrogens with one attached hydrogen (secondary N) is 2. The van der Waals surface area contributed by atoms with E-state index in [-0.39, 0.29) is 11.9 Å². The zero-order valence-corrected chi connectivity index (χ0v) is 16.3. The van der Waals surface area contributed by atoms with Crippen LogP contribution in [0, 0.1) is 0 Å². The molecular weight excluding hydrogens is 362 g/mol. The van der Waals surface area contributed by atoms with Gasteiger partial charge in [-0.05, 0) is 35.7 Å². The predicted octanol–water partition coefficient (Wildman–Crippen LogP) is 2.60. The average Bonchev–Trinajstić information content (AvgIpc) is 2.80. The van der Waals surface area contributed by atoms with E-state index in [1.807, 2.05) is 36.5 Å². The van der Waals surface area contributed by atoms with Crippen LogP contribution in [0.5, 0.6) is 0 Å². The standard InChI is InChI=1S/C23H25N5O/c29-23(27-13-10-18-6-4-11-24-16-18)20-9-5-12-26-22(20)28-15-14-25-21(17-28)19-7-2-1-3-8-19/h1-9,11-12,16,21,25H,10,13-15,17H2,(H,27,29). The average molecular weight is 387 g/mol. The van der Waals surface area contributed by atoms with Gasteiger partial charge < -0.3 is 15.5 Å². The molecule has 1 atom stereocenters. The third-order valence-corrected chi connectivity index (χ3v) is 5.13. The summed E-state index contributed by atoms with van der Waals surface area (Å²) in [4.78, 5) is 23.7. The molecule has 148 valence electrons. The molecular formula is C23H25N5O. The first-order valence-corrected chi connectivity index (χ1v) is 9.96. The van der Waals surface area contributed by atoms with Gasteiger partial charge in [0.1, 0.15) is 5.82 Å². The van der Waals surface area contributed by atoms with Crippen molar-refractivity contribution in [3.05, 3.63) is 89.9 Å². The Bertz CT molecular complexity index is 932. The summed E-state index contributed by atoms with van der Waals surface area (Å²) in [5, 5.41) is 6.58. The van der Waals surface area contributed by atoms with Crippen LogP contribution in [-0.2, 0) is 6.42 Å². The van der Waals surface area contributed by atoms with E-state index in [1.54, 1.807) is 12.4 Å². The van der Waals surface area contributed by atoms with Crippen molar-refractivity contribution in [1.29, 1.82) is 0 Å². The third kappa shape index (κ3) is 4.78. The van der Waals surface area contributed by atoms with E-state index in [9.17, 15) is 4.79 Å². The largest absolute Gasteiger partial charge is 0.353 e. The first kappa shape index (κ1) is 19.1. The Hall–Kier alpha value is -3.25. The lowest BCUT2D eigenvalue weighted by atomic mass is 10.0. The van der Waals surface area contributed by atoms with Crippen molar-refractivity contribution in [1.82, 2.24) is 20.6 Å². The highest BCUT2D eigenvalue weighted by Gasteiger charge is 2.24. The fourth-order valence-corrected chi connectivity index (χ4v) is 3.64. The molecule has 0 spiro atoms. The van der Waals surface area contributed by atoms with Crippen LogP contribution in [0.3, 0.4) is 0 Å². The summed E-state index contributed by atoms with van der Waals surface area (Å²) < 4.78 is 0. The number of rotatable bonds is 6. The highest BCUT2D eigenvalue weighted by Crippen LogP contribution is 2.23. The van der Waals surface area contributed by atoms with Crippen molar-refractivity contribution in [2.24, 2.45) is 0 Å². The Labute approximate surface area is 171 Å². The molecule has 0 radical (unpaired) electrons. The third-order valence-electron chi connectivity index (χ3n) is 5.13. The predicted molar refractivity (Wildman–Crippen MR) is 114 cm³/mol. The van der Waals surface area contributed by atoms with Gasteiger partial charge in [0.2, 0.25) is 0 Å². The second kappa shape index (κ2) is 9.30. The van der Waals surface area contributed by atoms with Gasteiger partial charge in [-0.2, -0.15) is 0 Å². The minimum atomic E-state index is -0.0909. The van der Waals surface area contributed by atoms with Crippen molar-refractivity contribution in [2.45, 2.75) is 12.5 Å².